The van der Waals surface area contributed by atoms with Crippen molar-refractivity contribution in [3.8, 4) is 11.5 Å². The normalized spacial score (nSPS) is 15.3. The van der Waals surface area contributed by atoms with Gasteiger partial charge in [-0.3, -0.25) is 14.5 Å². The van der Waals surface area contributed by atoms with Crippen molar-refractivity contribution >= 4 is 17.9 Å². The van der Waals surface area contributed by atoms with Gasteiger partial charge >= 0.3 is 0 Å². The highest BCUT2D eigenvalue weighted by Crippen LogP contribution is 2.36. The molecule has 0 bridgehead atoms. The van der Waals surface area contributed by atoms with Gasteiger partial charge in [-0.05, 0) is 68.6 Å². The number of hydrogen-bond donors (Lipinski definition) is 1. The highest BCUT2D eigenvalue weighted by molar-refractivity contribution is 5.96. The third-order valence-corrected chi connectivity index (χ3v) is 10.1. The highest BCUT2D eigenvalue weighted by Gasteiger charge is 2.35. The fourth-order valence-corrected chi connectivity index (χ4v) is 7.17. The minimum absolute atomic E-state index is 0.0223. The molecule has 1 aliphatic heterocycles. The van der Waals surface area contributed by atoms with E-state index in [1.165, 1.54) is 17.2 Å². The molecule has 57 heavy (non-hydrogen) atoms. The van der Waals surface area contributed by atoms with E-state index < -0.39 is 17.3 Å². The first-order chi connectivity index (χ1) is 27.6. The van der Waals surface area contributed by atoms with Gasteiger partial charge in [0.2, 0.25) is 0 Å². The summed E-state index contributed by atoms with van der Waals surface area (Å²) in [4.78, 5) is 32.6. The van der Waals surface area contributed by atoms with Crippen molar-refractivity contribution in [3.05, 3.63) is 125 Å². The molecule has 1 heterocycles. The zero-order valence-corrected chi connectivity index (χ0v) is 35.0. The molecule has 0 radical (unpaired) electrons. The number of nitrogens with zero attached hydrogens (tertiary/aromatic N) is 3. The maximum atomic E-state index is 16.2. The molecule has 4 aromatic rings. The molecule has 1 amide bonds. The summed E-state index contributed by atoms with van der Waals surface area (Å²) in [5.41, 5.74) is 2.77. The highest BCUT2D eigenvalue weighted by atomic mass is 19.1. The lowest BCUT2D eigenvalue weighted by molar-refractivity contribution is -0.118. The van der Waals surface area contributed by atoms with Gasteiger partial charge in [-0.2, -0.15) is 0 Å². The van der Waals surface area contributed by atoms with Gasteiger partial charge in [0.05, 0.1) is 23.9 Å². The van der Waals surface area contributed by atoms with Crippen LogP contribution in [0.4, 0.5) is 10.1 Å². The molecule has 0 aliphatic carbocycles. The molecule has 0 unspecified atom stereocenters. The lowest BCUT2D eigenvalue weighted by Gasteiger charge is -2.40. The number of likely N-dealkylation sites (N-methyl/N-ethyl adjacent to an activating group) is 2. The molecule has 9 nitrogen and oxygen atoms in total. The second-order valence-corrected chi connectivity index (χ2v) is 14.8. The first-order valence-electron chi connectivity index (χ1n) is 20.4. The van der Waals surface area contributed by atoms with Crippen LogP contribution in [-0.4, -0.2) is 93.7 Å². The minimum Gasteiger partial charge on any atom is -0.493 e. The predicted octanol–water partition coefficient (Wildman–Crippen LogP) is 8.37. The topological polar surface area (TPSA) is 83.6 Å². The van der Waals surface area contributed by atoms with Crippen molar-refractivity contribution in [1.82, 2.24) is 15.1 Å². The van der Waals surface area contributed by atoms with Gasteiger partial charge in [0, 0.05) is 78.4 Å². The van der Waals surface area contributed by atoms with E-state index in [0.717, 1.165) is 43.8 Å². The van der Waals surface area contributed by atoms with Gasteiger partial charge < -0.3 is 29.3 Å². The third kappa shape index (κ3) is 13.1. The number of halogens is 1. The van der Waals surface area contributed by atoms with E-state index in [1.54, 1.807) is 31.9 Å². The Kier molecular flexibility index (Phi) is 18.0. The van der Waals surface area contributed by atoms with E-state index in [9.17, 15) is 9.59 Å². The Bertz CT molecular complexity index is 1770. The number of methoxy groups -OCH3 is 1. The average molecular weight is 783 g/mol. The number of aldehydes is 1. The lowest BCUT2D eigenvalue weighted by Crippen LogP contribution is -2.52. The summed E-state index contributed by atoms with van der Waals surface area (Å²) in [6, 6.07) is 31.4. The maximum absolute atomic E-state index is 16.2. The van der Waals surface area contributed by atoms with E-state index in [1.807, 2.05) is 81.2 Å². The van der Waals surface area contributed by atoms with Crippen LogP contribution in [0.1, 0.15) is 80.4 Å². The van der Waals surface area contributed by atoms with Crippen LogP contribution in [0.3, 0.4) is 0 Å². The summed E-state index contributed by atoms with van der Waals surface area (Å²) < 4.78 is 33.5. The molecule has 1 aliphatic rings. The molecule has 4 aromatic carbocycles. The molecule has 0 saturated carbocycles. The van der Waals surface area contributed by atoms with E-state index >= 15 is 4.39 Å². The van der Waals surface area contributed by atoms with Crippen molar-refractivity contribution in [2.75, 3.05) is 65.0 Å². The number of ether oxygens (including phenoxy) is 3. The number of rotatable bonds is 20. The summed E-state index contributed by atoms with van der Waals surface area (Å²) in [5.74, 6) is -0.0861. The molecular formula is C47H63FN4O5. The zero-order valence-electron chi connectivity index (χ0n) is 35.0. The fraction of sp³-hybridized carbons (Fsp3) is 0.447. The molecule has 308 valence electrons. The van der Waals surface area contributed by atoms with Gasteiger partial charge in [-0.1, -0.05) is 86.6 Å². The smallest absolute Gasteiger partial charge is 0.257 e. The van der Waals surface area contributed by atoms with Crippen LogP contribution >= 0.6 is 0 Å². The maximum Gasteiger partial charge on any atom is 0.257 e. The van der Waals surface area contributed by atoms with E-state index in [-0.39, 0.29) is 23.3 Å². The Morgan fingerprint density at radius 1 is 0.912 bits per heavy atom. The number of amides is 1. The lowest BCUT2D eigenvalue weighted by atomic mass is 9.84. The second-order valence-electron chi connectivity index (χ2n) is 14.8. The molecule has 1 saturated heterocycles. The summed E-state index contributed by atoms with van der Waals surface area (Å²) in [6.45, 7) is 14.8. The van der Waals surface area contributed by atoms with E-state index in [0.29, 0.717) is 51.4 Å². The van der Waals surface area contributed by atoms with Gasteiger partial charge in [0.25, 0.3) is 5.91 Å². The number of piperidine rings is 1. The Balaban J connectivity index is 0.00000354. The number of carbonyl (C=O) groups is 2. The monoisotopic (exact) mass is 782 g/mol. The summed E-state index contributed by atoms with van der Waals surface area (Å²) >= 11 is 0. The molecular weight excluding hydrogens is 720 g/mol. The van der Waals surface area contributed by atoms with Crippen LogP contribution in [0, 0.1) is 5.82 Å². The van der Waals surface area contributed by atoms with E-state index in [2.05, 4.69) is 46.6 Å². The Hall–Kier alpha value is -4.77. The summed E-state index contributed by atoms with van der Waals surface area (Å²) in [6.07, 6.45) is 2.30. The van der Waals surface area contributed by atoms with Crippen LogP contribution < -0.4 is 19.7 Å². The average Bonchev–Trinajstić information content (AvgIpc) is 3.23. The predicted molar refractivity (Wildman–Crippen MR) is 228 cm³/mol. The van der Waals surface area contributed by atoms with Gasteiger partial charge in [0.1, 0.15) is 17.3 Å². The number of benzene rings is 4. The Morgan fingerprint density at radius 2 is 1.58 bits per heavy atom. The third-order valence-electron chi connectivity index (χ3n) is 10.1. The summed E-state index contributed by atoms with van der Waals surface area (Å²) in [5, 5.41) is 3.47. The van der Waals surface area contributed by atoms with Gasteiger partial charge in [-0.25, -0.2) is 4.39 Å². The zero-order chi connectivity index (χ0) is 41.2. The van der Waals surface area contributed by atoms with Gasteiger partial charge in [-0.15, -0.1) is 0 Å². The van der Waals surface area contributed by atoms with Crippen molar-refractivity contribution in [2.24, 2.45) is 0 Å². The van der Waals surface area contributed by atoms with Gasteiger partial charge in [0.15, 0.2) is 11.9 Å². The molecule has 0 aromatic heterocycles. The first-order valence-corrected chi connectivity index (χ1v) is 20.4. The van der Waals surface area contributed by atoms with Crippen molar-refractivity contribution in [3.63, 3.8) is 0 Å². The molecule has 2 atom stereocenters. The SMILES string of the molecule is CC.CCN(C(=O)c1cc(N(C)CCN(Cc2ccccc2)Cc2ccccc2)c(OC(C)(C)C=O)cc1F)[C@H]1CNCC[C@@H]1c1cccc(OCCCOC)c1. The fourth-order valence-electron chi connectivity index (χ4n) is 7.17. The van der Waals surface area contributed by atoms with Crippen molar-refractivity contribution < 1.29 is 28.2 Å². The Morgan fingerprint density at radius 3 is 2.19 bits per heavy atom. The molecule has 10 heteroatoms. The molecule has 1 fully saturated rings. The Labute approximate surface area is 340 Å². The van der Waals surface area contributed by atoms with Crippen molar-refractivity contribution in [2.45, 2.75) is 78.1 Å². The summed E-state index contributed by atoms with van der Waals surface area (Å²) in [7, 11) is 3.59. The number of hydrogen-bond acceptors (Lipinski definition) is 8. The van der Waals surface area contributed by atoms with Crippen LogP contribution in [0.2, 0.25) is 0 Å². The largest absolute Gasteiger partial charge is 0.493 e. The second kappa shape index (κ2) is 22.8. The van der Waals surface area contributed by atoms with E-state index in [4.69, 9.17) is 14.2 Å². The van der Waals surface area contributed by atoms with Crippen molar-refractivity contribution in [1.29, 1.82) is 0 Å². The number of anilines is 1. The number of carbonyl (C=O) groups excluding carboxylic acids is 2. The van der Waals surface area contributed by atoms with Crippen LogP contribution in [0.15, 0.2) is 97.1 Å². The molecule has 5 rings (SSSR count). The number of nitrogens with one attached hydrogen (secondary N) is 1. The standard InChI is InChI=1S/C45H57FN4O5.C2H6/c1-6-50(42-30-47-22-21-38(42)36-19-13-20-37(27-36)54-26-14-25-53-5)44(52)39-28-41(43(29-40(39)46)55-45(2,3)33-51)48(4)23-24-49(31-34-15-9-7-10-16-34)32-35-17-11-8-12-18-35;1-2/h7-13,15-20,27-29,33,38,42,47H,6,14,21-26,30-32H2,1-5H3;1-2H3/t38-,42+;/m1./s1. The van der Waals surface area contributed by atoms with Crippen LogP contribution in [0.5, 0.6) is 11.5 Å². The van der Waals surface area contributed by atoms with Crippen LogP contribution in [-0.2, 0) is 22.6 Å². The van der Waals surface area contributed by atoms with Crippen LogP contribution in [0.25, 0.3) is 0 Å². The minimum atomic E-state index is -1.21. The molecule has 1 N–H and O–H groups in total. The molecule has 0 spiro atoms. The quantitative estimate of drug-likeness (QED) is 0.0708. The first kappa shape index (κ1) is 44.9.